The van der Waals surface area contributed by atoms with Crippen molar-refractivity contribution in [3.63, 3.8) is 0 Å². The zero-order valence-corrected chi connectivity index (χ0v) is 18.7. The number of aromatic nitrogens is 1. The molecule has 6 nitrogen and oxygen atoms in total. The Morgan fingerprint density at radius 3 is 2.57 bits per heavy atom. The van der Waals surface area contributed by atoms with Crippen LogP contribution in [0.1, 0.15) is 31.9 Å². The smallest absolute Gasteiger partial charge is 0.250 e. The molecule has 0 spiro atoms. The molecule has 28 heavy (non-hydrogen) atoms. The standard InChI is InChI=1S/C18H23Cl3N4O2S/c1-10(2)15(27)22-16(18(19,20)21)23-17(28)24-7-11-6-12(9-24)13-4-3-5-14(26)25(13)8-11/h3-5,10-12,16H,6-9H2,1-2H3,(H,22,27)(H,23,28)/t11-,12-,16+/m0/s1. The first kappa shape index (κ1) is 21.7. The van der Waals surface area contributed by atoms with Crippen molar-refractivity contribution >= 4 is 58.0 Å². The van der Waals surface area contributed by atoms with Crippen LogP contribution in [0.2, 0.25) is 0 Å². The molecule has 2 aliphatic heterocycles. The summed E-state index contributed by atoms with van der Waals surface area (Å²) in [7, 11) is 0. The Labute approximate surface area is 184 Å². The van der Waals surface area contributed by atoms with Gasteiger partial charge in [-0.2, -0.15) is 0 Å². The molecule has 0 saturated carbocycles. The van der Waals surface area contributed by atoms with Gasteiger partial charge < -0.3 is 20.1 Å². The molecule has 3 heterocycles. The monoisotopic (exact) mass is 464 g/mol. The zero-order valence-electron chi connectivity index (χ0n) is 15.6. The van der Waals surface area contributed by atoms with Crippen molar-refractivity contribution in [1.29, 1.82) is 0 Å². The number of thiocarbonyl (C=S) groups is 1. The van der Waals surface area contributed by atoms with Crippen LogP contribution in [0, 0.1) is 11.8 Å². The van der Waals surface area contributed by atoms with Crippen LogP contribution in [0.15, 0.2) is 23.0 Å². The SMILES string of the molecule is CC(C)C(=O)N[C@H](NC(=S)N1C[C@@H]2C[C@@H](C1)c1cccc(=O)n1C2)C(Cl)(Cl)Cl. The van der Waals surface area contributed by atoms with E-state index < -0.39 is 9.96 Å². The number of carbonyl (C=O) groups excluding carboxylic acids is 1. The number of alkyl halides is 3. The van der Waals surface area contributed by atoms with Crippen LogP contribution in [-0.2, 0) is 11.3 Å². The van der Waals surface area contributed by atoms with Crippen molar-refractivity contribution in [2.45, 2.75) is 42.7 Å². The lowest BCUT2D eigenvalue weighted by Gasteiger charge is -2.44. The second-order valence-corrected chi connectivity index (χ2v) is 10.4. The van der Waals surface area contributed by atoms with Crippen LogP contribution in [0.25, 0.3) is 0 Å². The maximum atomic E-state index is 12.2. The zero-order chi connectivity index (χ0) is 20.6. The largest absolute Gasteiger partial charge is 0.348 e. The number of hydrogen-bond donors (Lipinski definition) is 2. The van der Waals surface area contributed by atoms with E-state index in [0.29, 0.717) is 30.7 Å². The summed E-state index contributed by atoms with van der Waals surface area (Å²) in [6.45, 7) is 5.55. The van der Waals surface area contributed by atoms with Gasteiger partial charge in [0, 0.05) is 43.2 Å². The summed E-state index contributed by atoms with van der Waals surface area (Å²) in [5.41, 5.74) is 1.07. The van der Waals surface area contributed by atoms with E-state index in [-0.39, 0.29) is 23.3 Å². The van der Waals surface area contributed by atoms with E-state index in [1.807, 2.05) is 15.5 Å². The molecule has 0 unspecified atom stereocenters. The predicted octanol–water partition coefficient (Wildman–Crippen LogP) is 2.61. The van der Waals surface area contributed by atoms with E-state index in [1.54, 1.807) is 26.0 Å². The highest BCUT2D eigenvalue weighted by Crippen LogP contribution is 2.35. The molecule has 1 aromatic rings. The molecule has 2 bridgehead atoms. The maximum Gasteiger partial charge on any atom is 0.250 e. The second kappa shape index (κ2) is 8.38. The third-order valence-electron chi connectivity index (χ3n) is 5.17. The lowest BCUT2D eigenvalue weighted by molar-refractivity contribution is -0.124. The van der Waals surface area contributed by atoms with Crippen molar-refractivity contribution < 1.29 is 4.79 Å². The first-order valence-corrected chi connectivity index (χ1v) is 10.7. The van der Waals surface area contributed by atoms with Gasteiger partial charge in [0.25, 0.3) is 5.56 Å². The summed E-state index contributed by atoms with van der Waals surface area (Å²) in [5.74, 6) is 0.0185. The van der Waals surface area contributed by atoms with Crippen LogP contribution >= 0.6 is 47.0 Å². The number of carbonyl (C=O) groups is 1. The lowest BCUT2D eigenvalue weighted by atomic mass is 9.83. The van der Waals surface area contributed by atoms with E-state index in [9.17, 15) is 9.59 Å². The molecule has 10 heteroatoms. The topological polar surface area (TPSA) is 66.4 Å². The van der Waals surface area contributed by atoms with Crippen LogP contribution in [-0.4, -0.2) is 43.5 Å². The Morgan fingerprint density at radius 1 is 1.21 bits per heavy atom. The Hall–Kier alpha value is -1.02. The number of nitrogens with one attached hydrogen (secondary N) is 2. The van der Waals surface area contributed by atoms with E-state index >= 15 is 0 Å². The Kier molecular flexibility index (Phi) is 6.49. The number of amides is 1. The van der Waals surface area contributed by atoms with Crippen LogP contribution < -0.4 is 16.2 Å². The molecule has 1 amide bonds. The number of piperidine rings is 1. The first-order chi connectivity index (χ1) is 13.1. The number of pyridine rings is 1. The third kappa shape index (κ3) is 4.75. The van der Waals surface area contributed by atoms with E-state index in [4.69, 9.17) is 47.0 Å². The summed E-state index contributed by atoms with van der Waals surface area (Å²) in [4.78, 5) is 26.2. The van der Waals surface area contributed by atoms with Crippen LogP contribution in [0.3, 0.4) is 0 Å². The number of hydrogen-bond acceptors (Lipinski definition) is 3. The molecule has 3 rings (SSSR count). The number of likely N-dealkylation sites (tertiary alicyclic amines) is 1. The Bertz CT molecular complexity index is 824. The fourth-order valence-corrected chi connectivity index (χ4v) is 4.38. The van der Waals surface area contributed by atoms with Crippen molar-refractivity contribution in [1.82, 2.24) is 20.1 Å². The molecule has 0 radical (unpaired) electrons. The second-order valence-electron chi connectivity index (χ2n) is 7.69. The summed E-state index contributed by atoms with van der Waals surface area (Å²) in [6, 6.07) is 5.39. The fraction of sp³-hybridized carbons (Fsp3) is 0.611. The Balaban J connectivity index is 1.73. The highest BCUT2D eigenvalue weighted by Gasteiger charge is 2.39. The fourth-order valence-electron chi connectivity index (χ4n) is 3.79. The predicted molar refractivity (Wildman–Crippen MR) is 116 cm³/mol. The van der Waals surface area contributed by atoms with Gasteiger partial charge >= 0.3 is 0 Å². The first-order valence-electron chi connectivity index (χ1n) is 9.18. The van der Waals surface area contributed by atoms with Crippen molar-refractivity contribution in [3.05, 3.63) is 34.2 Å². The van der Waals surface area contributed by atoms with Crippen molar-refractivity contribution in [2.75, 3.05) is 13.1 Å². The number of halogens is 3. The van der Waals surface area contributed by atoms with Gasteiger partial charge in [-0.05, 0) is 30.6 Å². The number of rotatable bonds is 3. The van der Waals surface area contributed by atoms with Crippen molar-refractivity contribution in [3.8, 4) is 0 Å². The maximum absolute atomic E-state index is 12.2. The highest BCUT2D eigenvalue weighted by atomic mass is 35.6. The molecule has 1 fully saturated rings. The summed E-state index contributed by atoms with van der Waals surface area (Å²) in [6.07, 6.45) is 0.0668. The van der Waals surface area contributed by atoms with Crippen LogP contribution in [0.4, 0.5) is 0 Å². The molecular formula is C18H23Cl3N4O2S. The summed E-state index contributed by atoms with van der Waals surface area (Å²) >= 11 is 23.7. The van der Waals surface area contributed by atoms with E-state index in [0.717, 1.165) is 12.1 Å². The number of fused-ring (bicyclic) bond motifs is 4. The molecule has 1 aromatic heterocycles. The van der Waals surface area contributed by atoms with Gasteiger partial charge in [0.2, 0.25) is 9.70 Å². The minimum Gasteiger partial charge on any atom is -0.348 e. The molecule has 0 aromatic carbocycles. The average Bonchev–Trinajstić information content (AvgIpc) is 2.61. The normalized spacial score (nSPS) is 22.4. The van der Waals surface area contributed by atoms with Crippen LogP contribution in [0.5, 0.6) is 0 Å². The van der Waals surface area contributed by atoms with Gasteiger partial charge in [-0.3, -0.25) is 9.59 Å². The van der Waals surface area contributed by atoms with Crippen molar-refractivity contribution in [2.24, 2.45) is 11.8 Å². The van der Waals surface area contributed by atoms with E-state index in [2.05, 4.69) is 10.6 Å². The Morgan fingerprint density at radius 2 is 1.93 bits per heavy atom. The molecule has 0 aliphatic carbocycles. The highest BCUT2D eigenvalue weighted by molar-refractivity contribution is 7.80. The molecule has 3 atom stereocenters. The lowest BCUT2D eigenvalue weighted by Crippen LogP contribution is -2.60. The van der Waals surface area contributed by atoms with E-state index in [1.165, 1.54) is 0 Å². The molecular weight excluding hydrogens is 443 g/mol. The van der Waals surface area contributed by atoms with Gasteiger partial charge in [0.05, 0.1) is 0 Å². The molecule has 1 saturated heterocycles. The average molecular weight is 466 g/mol. The molecule has 2 N–H and O–H groups in total. The molecule has 2 aliphatic rings. The quantitative estimate of drug-likeness (QED) is 0.408. The number of nitrogens with zero attached hydrogens (tertiary/aromatic N) is 2. The minimum atomic E-state index is -1.76. The van der Waals surface area contributed by atoms with Gasteiger partial charge in [-0.25, -0.2) is 0 Å². The van der Waals surface area contributed by atoms with Gasteiger partial charge in [0.1, 0.15) is 6.17 Å². The summed E-state index contributed by atoms with van der Waals surface area (Å²) in [5, 5.41) is 6.11. The van der Waals surface area contributed by atoms with Gasteiger partial charge in [0.15, 0.2) is 5.11 Å². The minimum absolute atomic E-state index is 0.0361. The molecule has 154 valence electrons. The van der Waals surface area contributed by atoms with Gasteiger partial charge in [-0.1, -0.05) is 54.7 Å². The third-order valence-corrected chi connectivity index (χ3v) is 6.20. The van der Waals surface area contributed by atoms with Gasteiger partial charge in [-0.15, -0.1) is 0 Å². The summed E-state index contributed by atoms with van der Waals surface area (Å²) < 4.78 is 0.0970.